The molecule has 0 aromatic carbocycles. The van der Waals surface area contributed by atoms with E-state index in [2.05, 4.69) is 32.6 Å². The van der Waals surface area contributed by atoms with E-state index in [4.69, 9.17) is 0 Å². The molecule has 94 valence electrons. The lowest BCUT2D eigenvalue weighted by atomic mass is 9.73. The second-order valence-electron chi connectivity index (χ2n) is 6.09. The molecule has 0 N–H and O–H groups in total. The Morgan fingerprint density at radius 2 is 1.94 bits per heavy atom. The predicted octanol–water partition coefficient (Wildman–Crippen LogP) is 3.46. The summed E-state index contributed by atoms with van der Waals surface area (Å²) < 4.78 is 0. The fraction of sp³-hybridized carbons (Fsp3) is 0.929. The summed E-state index contributed by atoms with van der Waals surface area (Å²) in [4.78, 5) is 13.9. The Bertz CT molecular complexity index is 242. The Morgan fingerprint density at radius 1 is 1.31 bits per heavy atom. The summed E-state index contributed by atoms with van der Waals surface area (Å²) >= 11 is 0. The molecule has 0 bridgehead atoms. The smallest absolute Gasteiger partial charge is 0.222 e. The number of piperidine rings is 1. The summed E-state index contributed by atoms with van der Waals surface area (Å²) in [6.07, 6.45) is 4.10. The second-order valence-corrected chi connectivity index (χ2v) is 6.09. The normalized spacial score (nSPS) is 26.9. The van der Waals surface area contributed by atoms with Crippen LogP contribution in [0.25, 0.3) is 0 Å². The van der Waals surface area contributed by atoms with Crippen LogP contribution in [0.2, 0.25) is 0 Å². The maximum Gasteiger partial charge on any atom is 0.222 e. The minimum Gasteiger partial charge on any atom is -0.340 e. The number of likely N-dealkylation sites (tertiary alicyclic amines) is 1. The lowest BCUT2D eigenvalue weighted by Crippen LogP contribution is -2.47. The molecular weight excluding hydrogens is 198 g/mol. The van der Waals surface area contributed by atoms with E-state index in [0.717, 1.165) is 18.9 Å². The van der Waals surface area contributed by atoms with E-state index in [9.17, 15) is 4.79 Å². The van der Waals surface area contributed by atoms with Gasteiger partial charge in [0.25, 0.3) is 0 Å². The van der Waals surface area contributed by atoms with Crippen LogP contribution in [0.5, 0.6) is 0 Å². The van der Waals surface area contributed by atoms with Crippen LogP contribution in [0.4, 0.5) is 0 Å². The van der Waals surface area contributed by atoms with E-state index in [1.807, 2.05) is 6.92 Å². The quantitative estimate of drug-likeness (QED) is 0.705. The molecule has 1 amide bonds. The van der Waals surface area contributed by atoms with E-state index >= 15 is 0 Å². The van der Waals surface area contributed by atoms with Crippen molar-refractivity contribution >= 4 is 5.91 Å². The molecule has 0 spiro atoms. The molecule has 0 aromatic rings. The van der Waals surface area contributed by atoms with E-state index in [-0.39, 0.29) is 0 Å². The molecule has 2 atom stereocenters. The highest BCUT2D eigenvalue weighted by molar-refractivity contribution is 5.76. The summed E-state index contributed by atoms with van der Waals surface area (Å²) in [5.74, 6) is 1.09. The van der Waals surface area contributed by atoms with Crippen molar-refractivity contribution in [2.45, 2.75) is 66.3 Å². The maximum atomic E-state index is 11.8. The average Bonchev–Trinajstić information content (AvgIpc) is 2.26. The van der Waals surface area contributed by atoms with Gasteiger partial charge in [-0.15, -0.1) is 0 Å². The summed E-state index contributed by atoms with van der Waals surface area (Å²) in [7, 11) is 0. The maximum absolute atomic E-state index is 11.8. The van der Waals surface area contributed by atoms with E-state index in [0.29, 0.717) is 23.8 Å². The summed E-state index contributed by atoms with van der Waals surface area (Å²) in [6.45, 7) is 12.1. The van der Waals surface area contributed by atoms with Gasteiger partial charge in [-0.2, -0.15) is 0 Å². The van der Waals surface area contributed by atoms with Gasteiger partial charge in [-0.05, 0) is 30.6 Å². The first-order valence-electron chi connectivity index (χ1n) is 6.69. The van der Waals surface area contributed by atoms with Gasteiger partial charge in [0.2, 0.25) is 5.91 Å². The van der Waals surface area contributed by atoms with Crippen LogP contribution >= 0.6 is 0 Å². The van der Waals surface area contributed by atoms with Crippen molar-refractivity contribution < 1.29 is 4.79 Å². The number of amides is 1. The Labute approximate surface area is 100 Å². The van der Waals surface area contributed by atoms with E-state index in [1.165, 1.54) is 12.8 Å². The van der Waals surface area contributed by atoms with Crippen molar-refractivity contribution in [3.63, 3.8) is 0 Å². The predicted molar refractivity (Wildman–Crippen MR) is 68.3 cm³/mol. The Hall–Kier alpha value is -0.530. The van der Waals surface area contributed by atoms with Crippen molar-refractivity contribution in [3.8, 4) is 0 Å². The van der Waals surface area contributed by atoms with E-state index in [1.54, 1.807) is 0 Å². The molecule has 1 saturated heterocycles. The van der Waals surface area contributed by atoms with Crippen LogP contribution in [-0.2, 0) is 4.79 Å². The molecule has 16 heavy (non-hydrogen) atoms. The summed E-state index contributed by atoms with van der Waals surface area (Å²) in [5, 5.41) is 0. The molecule has 1 aliphatic heterocycles. The highest BCUT2D eigenvalue weighted by atomic mass is 16.2. The van der Waals surface area contributed by atoms with Gasteiger partial charge < -0.3 is 4.90 Å². The van der Waals surface area contributed by atoms with Crippen LogP contribution in [-0.4, -0.2) is 23.4 Å². The fourth-order valence-corrected chi connectivity index (χ4v) is 2.76. The third-order valence-electron chi connectivity index (χ3n) is 4.03. The fourth-order valence-electron chi connectivity index (χ4n) is 2.76. The lowest BCUT2D eigenvalue weighted by molar-refractivity contribution is -0.136. The Balaban J connectivity index is 2.68. The lowest BCUT2D eigenvalue weighted by Gasteiger charge is -2.44. The molecule has 1 heterocycles. The van der Waals surface area contributed by atoms with Crippen molar-refractivity contribution in [2.75, 3.05) is 6.54 Å². The van der Waals surface area contributed by atoms with Gasteiger partial charge in [0.1, 0.15) is 0 Å². The van der Waals surface area contributed by atoms with Gasteiger partial charge in [-0.3, -0.25) is 4.79 Å². The van der Waals surface area contributed by atoms with Crippen molar-refractivity contribution in [2.24, 2.45) is 11.3 Å². The zero-order chi connectivity index (χ0) is 12.3. The molecule has 1 aliphatic rings. The van der Waals surface area contributed by atoms with Gasteiger partial charge in [0, 0.05) is 19.0 Å². The third-order valence-corrected chi connectivity index (χ3v) is 4.03. The SMILES string of the molecule is CCC(=O)N1CCC(C(C)(C)C)CC1CC. The van der Waals surface area contributed by atoms with Crippen LogP contribution in [0.15, 0.2) is 0 Å². The first-order valence-corrected chi connectivity index (χ1v) is 6.69. The molecule has 2 nitrogen and oxygen atoms in total. The van der Waals surface area contributed by atoms with Crippen molar-refractivity contribution in [1.82, 2.24) is 4.90 Å². The van der Waals surface area contributed by atoms with Gasteiger partial charge in [0.15, 0.2) is 0 Å². The Morgan fingerprint density at radius 3 is 2.38 bits per heavy atom. The van der Waals surface area contributed by atoms with Crippen molar-refractivity contribution in [3.05, 3.63) is 0 Å². The highest BCUT2D eigenvalue weighted by Gasteiger charge is 2.34. The summed E-state index contributed by atoms with van der Waals surface area (Å²) in [6, 6.07) is 0.477. The zero-order valence-corrected chi connectivity index (χ0v) is 11.5. The molecule has 1 rings (SSSR count). The molecule has 2 unspecified atom stereocenters. The number of nitrogens with zero attached hydrogens (tertiary/aromatic N) is 1. The minimum atomic E-state index is 0.333. The molecule has 0 radical (unpaired) electrons. The minimum absolute atomic E-state index is 0.333. The number of hydrogen-bond acceptors (Lipinski definition) is 1. The first kappa shape index (κ1) is 13.5. The summed E-state index contributed by atoms with van der Waals surface area (Å²) in [5.41, 5.74) is 0.384. The van der Waals surface area contributed by atoms with Crippen LogP contribution in [0, 0.1) is 11.3 Å². The average molecular weight is 225 g/mol. The van der Waals surface area contributed by atoms with E-state index < -0.39 is 0 Å². The molecule has 0 aromatic heterocycles. The van der Waals surface area contributed by atoms with Crippen LogP contribution in [0.1, 0.15) is 60.3 Å². The third kappa shape index (κ3) is 2.99. The molecule has 2 heteroatoms. The monoisotopic (exact) mass is 225 g/mol. The molecular formula is C14H27NO. The van der Waals surface area contributed by atoms with Gasteiger partial charge in [0.05, 0.1) is 0 Å². The Kier molecular flexibility index (Phi) is 4.40. The van der Waals surface area contributed by atoms with Crippen LogP contribution < -0.4 is 0 Å². The largest absolute Gasteiger partial charge is 0.340 e. The standard InChI is InChI=1S/C14H27NO/c1-6-12-10-11(14(3,4)5)8-9-15(12)13(16)7-2/h11-12H,6-10H2,1-5H3. The highest BCUT2D eigenvalue weighted by Crippen LogP contribution is 2.37. The molecule has 1 fully saturated rings. The topological polar surface area (TPSA) is 20.3 Å². The number of hydrogen-bond donors (Lipinski definition) is 0. The second kappa shape index (κ2) is 5.20. The van der Waals surface area contributed by atoms with Gasteiger partial charge >= 0.3 is 0 Å². The van der Waals surface area contributed by atoms with Crippen LogP contribution in [0.3, 0.4) is 0 Å². The van der Waals surface area contributed by atoms with Gasteiger partial charge in [-0.25, -0.2) is 0 Å². The molecule has 0 saturated carbocycles. The zero-order valence-electron chi connectivity index (χ0n) is 11.5. The number of carbonyl (C=O) groups is 1. The van der Waals surface area contributed by atoms with Gasteiger partial charge in [-0.1, -0.05) is 34.6 Å². The number of carbonyl (C=O) groups excluding carboxylic acids is 1. The molecule has 0 aliphatic carbocycles. The van der Waals surface area contributed by atoms with Crippen molar-refractivity contribution in [1.29, 1.82) is 0 Å². The number of rotatable bonds is 2. The first-order chi connectivity index (χ1) is 7.40.